The summed E-state index contributed by atoms with van der Waals surface area (Å²) in [5.41, 5.74) is 0. The molecule has 1 aliphatic rings. The van der Waals surface area contributed by atoms with E-state index in [2.05, 4.69) is 48.6 Å². The molecular formula is C30H51. The summed E-state index contributed by atoms with van der Waals surface area (Å²) in [6.45, 7) is 0. The fourth-order valence-corrected chi connectivity index (χ4v) is 4.25. The van der Waals surface area contributed by atoms with Gasteiger partial charge in [0.15, 0.2) is 0 Å². The second-order valence-corrected chi connectivity index (χ2v) is 9.18. The first-order valence-electron chi connectivity index (χ1n) is 13.6. The highest BCUT2D eigenvalue weighted by Gasteiger charge is 1.95. The molecule has 0 spiro atoms. The van der Waals surface area contributed by atoms with Gasteiger partial charge in [-0.1, -0.05) is 158 Å². The van der Waals surface area contributed by atoms with Crippen LogP contribution in [0.1, 0.15) is 141 Å². The van der Waals surface area contributed by atoms with E-state index in [9.17, 15) is 0 Å². The van der Waals surface area contributed by atoms with Gasteiger partial charge < -0.3 is 0 Å². The highest BCUT2D eigenvalue weighted by molar-refractivity contribution is 5.14. The van der Waals surface area contributed by atoms with Gasteiger partial charge in [-0.3, -0.25) is 0 Å². The molecule has 30 heavy (non-hydrogen) atoms. The van der Waals surface area contributed by atoms with Gasteiger partial charge in [0.2, 0.25) is 0 Å². The average molecular weight is 412 g/mol. The molecule has 0 aromatic heterocycles. The Bertz CT molecular complexity index is 395. The van der Waals surface area contributed by atoms with Crippen molar-refractivity contribution in [1.29, 1.82) is 0 Å². The Labute approximate surface area is 190 Å². The maximum atomic E-state index is 3.40. The van der Waals surface area contributed by atoms with Crippen LogP contribution in [0.15, 0.2) is 42.5 Å². The van der Waals surface area contributed by atoms with E-state index < -0.39 is 0 Å². The van der Waals surface area contributed by atoms with Crippen LogP contribution >= 0.6 is 0 Å². The molecule has 0 amide bonds. The topological polar surface area (TPSA) is 0 Å². The summed E-state index contributed by atoms with van der Waals surface area (Å²) >= 11 is 0. The van der Waals surface area contributed by atoms with Gasteiger partial charge in [0.05, 0.1) is 0 Å². The van der Waals surface area contributed by atoms with E-state index in [4.69, 9.17) is 0 Å². The summed E-state index contributed by atoms with van der Waals surface area (Å²) in [4.78, 5) is 0. The molecule has 0 fully saturated rings. The molecule has 1 rings (SSSR count). The SMILES string of the molecule is [C]1=C/C=C/C=C\C=C\CCCCCCCCCCCCCCCCCCCCCC/1. The molecule has 0 N–H and O–H groups in total. The van der Waals surface area contributed by atoms with Crippen LogP contribution in [0, 0.1) is 6.08 Å². The smallest absolute Gasteiger partial charge is 0.0276 e. The predicted octanol–water partition coefficient (Wildman–Crippen LogP) is 10.6. The highest BCUT2D eigenvalue weighted by Crippen LogP contribution is 2.15. The molecule has 0 aliphatic heterocycles. The molecule has 0 heteroatoms. The van der Waals surface area contributed by atoms with E-state index in [1.807, 2.05) is 0 Å². The van der Waals surface area contributed by atoms with Crippen molar-refractivity contribution >= 4 is 0 Å². The third-order valence-electron chi connectivity index (χ3n) is 6.24. The van der Waals surface area contributed by atoms with Crippen LogP contribution in [0.4, 0.5) is 0 Å². The molecule has 0 heterocycles. The molecule has 0 nitrogen and oxygen atoms in total. The van der Waals surface area contributed by atoms with Crippen LogP contribution in [0.25, 0.3) is 0 Å². The van der Waals surface area contributed by atoms with Crippen molar-refractivity contribution < 1.29 is 0 Å². The zero-order chi connectivity index (χ0) is 21.2. The predicted molar refractivity (Wildman–Crippen MR) is 137 cm³/mol. The van der Waals surface area contributed by atoms with Crippen LogP contribution < -0.4 is 0 Å². The van der Waals surface area contributed by atoms with Gasteiger partial charge in [0.25, 0.3) is 0 Å². The van der Waals surface area contributed by atoms with E-state index in [1.54, 1.807) is 0 Å². The molecule has 0 aromatic carbocycles. The summed E-state index contributed by atoms with van der Waals surface area (Å²) in [7, 11) is 0. The van der Waals surface area contributed by atoms with Crippen LogP contribution in [-0.4, -0.2) is 0 Å². The minimum Gasteiger partial charge on any atom is -0.0845 e. The van der Waals surface area contributed by atoms with Gasteiger partial charge in [-0.15, -0.1) is 0 Å². The first-order valence-corrected chi connectivity index (χ1v) is 13.6. The van der Waals surface area contributed by atoms with E-state index in [0.29, 0.717) is 0 Å². The van der Waals surface area contributed by atoms with Gasteiger partial charge in [-0.25, -0.2) is 0 Å². The fourth-order valence-electron chi connectivity index (χ4n) is 4.25. The van der Waals surface area contributed by atoms with E-state index >= 15 is 0 Å². The molecule has 0 saturated heterocycles. The number of hydrogen-bond donors (Lipinski definition) is 0. The Morgan fingerprint density at radius 3 is 1.20 bits per heavy atom. The lowest BCUT2D eigenvalue weighted by Crippen LogP contribution is -1.84. The quantitative estimate of drug-likeness (QED) is 0.372. The molecule has 171 valence electrons. The first kappa shape index (κ1) is 27.0. The zero-order valence-corrected chi connectivity index (χ0v) is 20.1. The van der Waals surface area contributed by atoms with Crippen LogP contribution in [-0.2, 0) is 0 Å². The van der Waals surface area contributed by atoms with Crippen molar-refractivity contribution in [3.8, 4) is 0 Å². The molecule has 0 atom stereocenters. The summed E-state index contributed by atoms with van der Waals surface area (Å²) < 4.78 is 0. The first-order chi connectivity index (χ1) is 15.0. The van der Waals surface area contributed by atoms with Gasteiger partial charge in [-0.05, 0) is 31.8 Å². The average Bonchev–Trinajstić information content (AvgIpc) is 2.76. The Morgan fingerprint density at radius 1 is 0.333 bits per heavy atom. The van der Waals surface area contributed by atoms with Crippen molar-refractivity contribution in [2.24, 2.45) is 0 Å². The van der Waals surface area contributed by atoms with Crippen molar-refractivity contribution in [3.05, 3.63) is 48.6 Å². The Balaban J connectivity index is 2.15. The standard InChI is InChI=1S/C30H51/c1-2-4-6-8-10-12-14-16-18-20-22-24-26-28-30-29-27-25-23-21-19-17-15-13-11-9-7-5-3-1/h1-7H,8,10-30H2/b2-1-,5-3+,6-4+,9-7?. The lowest BCUT2D eigenvalue weighted by molar-refractivity contribution is 0.521. The minimum atomic E-state index is 1.11. The van der Waals surface area contributed by atoms with Gasteiger partial charge in [-0.2, -0.15) is 0 Å². The normalized spacial score (nSPS) is 26.1. The second kappa shape index (κ2) is 24.2. The van der Waals surface area contributed by atoms with Crippen molar-refractivity contribution in [2.75, 3.05) is 0 Å². The van der Waals surface area contributed by atoms with Gasteiger partial charge >= 0.3 is 0 Å². The lowest BCUT2D eigenvalue weighted by atomic mass is 10.0. The molecule has 0 bridgehead atoms. The number of rotatable bonds is 0. The Morgan fingerprint density at radius 2 is 0.700 bits per heavy atom. The summed E-state index contributed by atoms with van der Waals surface area (Å²) in [5, 5.41) is 0. The molecule has 0 aromatic rings. The van der Waals surface area contributed by atoms with Crippen molar-refractivity contribution in [1.82, 2.24) is 0 Å². The molecule has 1 aliphatic carbocycles. The molecule has 0 unspecified atom stereocenters. The van der Waals surface area contributed by atoms with Crippen molar-refractivity contribution in [3.63, 3.8) is 0 Å². The maximum Gasteiger partial charge on any atom is -0.0276 e. The summed E-state index contributed by atoms with van der Waals surface area (Å²) in [6, 6.07) is 0. The zero-order valence-electron chi connectivity index (χ0n) is 20.1. The van der Waals surface area contributed by atoms with Crippen LogP contribution in [0.3, 0.4) is 0 Å². The number of allylic oxidation sites excluding steroid dienone is 8. The second-order valence-electron chi connectivity index (χ2n) is 9.18. The monoisotopic (exact) mass is 411 g/mol. The van der Waals surface area contributed by atoms with Gasteiger partial charge in [0, 0.05) is 0 Å². The van der Waals surface area contributed by atoms with Crippen molar-refractivity contribution in [2.45, 2.75) is 141 Å². The third-order valence-corrected chi connectivity index (χ3v) is 6.24. The summed E-state index contributed by atoms with van der Waals surface area (Å²) in [6.07, 6.45) is 49.5. The lowest BCUT2D eigenvalue weighted by Gasteiger charge is -2.04. The fraction of sp³-hybridized carbons (Fsp3) is 0.733. The van der Waals surface area contributed by atoms with E-state index in [0.717, 1.165) is 6.42 Å². The van der Waals surface area contributed by atoms with E-state index in [-0.39, 0.29) is 0 Å². The van der Waals surface area contributed by atoms with Gasteiger partial charge in [0.1, 0.15) is 0 Å². The minimum absolute atomic E-state index is 1.11. The largest absolute Gasteiger partial charge is 0.0845 e. The third kappa shape index (κ3) is 21.7. The number of hydrogen-bond acceptors (Lipinski definition) is 0. The molecule has 0 saturated carbocycles. The molecule has 1 radical (unpaired) electrons. The van der Waals surface area contributed by atoms with Crippen LogP contribution in [0.5, 0.6) is 0 Å². The van der Waals surface area contributed by atoms with E-state index in [1.165, 1.54) is 135 Å². The Kier molecular flexibility index (Phi) is 21.8. The highest BCUT2D eigenvalue weighted by atomic mass is 14.0. The summed E-state index contributed by atoms with van der Waals surface area (Å²) in [5.74, 6) is 0. The Hall–Kier alpha value is -1.04. The molecular weight excluding hydrogens is 360 g/mol. The van der Waals surface area contributed by atoms with Crippen LogP contribution in [0.2, 0.25) is 0 Å². The maximum absolute atomic E-state index is 3.40.